The lowest BCUT2D eigenvalue weighted by Crippen LogP contribution is -2.26. The molecule has 0 saturated carbocycles. The number of nitrogen functional groups attached to an aromatic ring is 1. The van der Waals surface area contributed by atoms with Crippen molar-refractivity contribution in [1.82, 2.24) is 0 Å². The van der Waals surface area contributed by atoms with Crippen molar-refractivity contribution in [2.45, 2.75) is 6.42 Å². The summed E-state index contributed by atoms with van der Waals surface area (Å²) in [6, 6.07) is 3.27. The normalized spacial score (nSPS) is 17.2. The zero-order valence-corrected chi connectivity index (χ0v) is 11.9. The van der Waals surface area contributed by atoms with Gasteiger partial charge in [-0.25, -0.2) is 4.39 Å². The summed E-state index contributed by atoms with van der Waals surface area (Å²) in [5, 5.41) is 0. The van der Waals surface area contributed by atoms with E-state index in [1.165, 1.54) is 5.75 Å². The Bertz CT molecular complexity index is 378. The summed E-state index contributed by atoms with van der Waals surface area (Å²) in [5.41, 5.74) is 7.48. The highest BCUT2D eigenvalue weighted by molar-refractivity contribution is 14.1. The van der Waals surface area contributed by atoms with Gasteiger partial charge in [0.25, 0.3) is 0 Å². The molecule has 0 atom stereocenters. The molecule has 1 saturated heterocycles. The van der Waals surface area contributed by atoms with Crippen LogP contribution in [0.2, 0.25) is 0 Å². The fraction of sp³-hybridized carbons (Fsp3) is 0.455. The highest BCUT2D eigenvalue weighted by Gasteiger charge is 2.14. The van der Waals surface area contributed by atoms with Gasteiger partial charge in [0, 0.05) is 24.9 Å². The predicted octanol–water partition coefficient (Wildman–Crippen LogP) is 2.96. The van der Waals surface area contributed by atoms with Crippen LogP contribution < -0.4 is 10.6 Å². The van der Waals surface area contributed by atoms with Gasteiger partial charge in [-0.2, -0.15) is 11.8 Å². The Balaban J connectivity index is 2.27. The minimum absolute atomic E-state index is 0.179. The summed E-state index contributed by atoms with van der Waals surface area (Å²) in [4.78, 5) is 2.19. The van der Waals surface area contributed by atoms with E-state index in [0.29, 0.717) is 9.26 Å². The molecule has 0 aliphatic carbocycles. The second-order valence-corrected chi connectivity index (χ2v) is 6.17. The van der Waals surface area contributed by atoms with Gasteiger partial charge >= 0.3 is 0 Å². The first-order chi connectivity index (χ1) is 7.68. The van der Waals surface area contributed by atoms with Crippen LogP contribution in [-0.4, -0.2) is 24.6 Å². The zero-order chi connectivity index (χ0) is 11.5. The summed E-state index contributed by atoms with van der Waals surface area (Å²) >= 11 is 3.92. The number of halogens is 2. The van der Waals surface area contributed by atoms with Crippen LogP contribution >= 0.6 is 34.4 Å². The Morgan fingerprint density at radius 3 is 2.94 bits per heavy atom. The molecule has 0 unspecified atom stereocenters. The number of rotatable bonds is 1. The van der Waals surface area contributed by atoms with Crippen molar-refractivity contribution in [3.8, 4) is 0 Å². The molecule has 2 rings (SSSR count). The van der Waals surface area contributed by atoms with E-state index in [0.717, 1.165) is 31.0 Å². The van der Waals surface area contributed by atoms with Gasteiger partial charge in [-0.1, -0.05) is 0 Å². The molecule has 0 bridgehead atoms. The molecule has 16 heavy (non-hydrogen) atoms. The topological polar surface area (TPSA) is 29.3 Å². The van der Waals surface area contributed by atoms with Crippen molar-refractivity contribution in [3.05, 3.63) is 21.5 Å². The van der Waals surface area contributed by atoms with Crippen LogP contribution in [0.3, 0.4) is 0 Å². The summed E-state index contributed by atoms with van der Waals surface area (Å²) < 4.78 is 14.1. The lowest BCUT2D eigenvalue weighted by molar-refractivity contribution is 0.619. The maximum Gasteiger partial charge on any atom is 0.138 e. The van der Waals surface area contributed by atoms with E-state index < -0.39 is 0 Å². The van der Waals surface area contributed by atoms with Crippen LogP contribution in [0.25, 0.3) is 0 Å². The molecule has 1 fully saturated rings. The molecular formula is C11H14FIN2S. The molecule has 1 aliphatic heterocycles. The van der Waals surface area contributed by atoms with E-state index in [9.17, 15) is 4.39 Å². The van der Waals surface area contributed by atoms with Gasteiger partial charge in [-0.05, 0) is 40.8 Å². The lowest BCUT2D eigenvalue weighted by Gasteiger charge is -2.24. The van der Waals surface area contributed by atoms with Gasteiger partial charge in [-0.15, -0.1) is 0 Å². The van der Waals surface area contributed by atoms with Gasteiger partial charge < -0.3 is 10.6 Å². The zero-order valence-electron chi connectivity index (χ0n) is 8.88. The van der Waals surface area contributed by atoms with Gasteiger partial charge in [0.2, 0.25) is 0 Å². The third-order valence-corrected chi connectivity index (χ3v) is 4.51. The Morgan fingerprint density at radius 1 is 1.31 bits per heavy atom. The van der Waals surface area contributed by atoms with Crippen molar-refractivity contribution in [3.63, 3.8) is 0 Å². The number of hydrogen-bond acceptors (Lipinski definition) is 3. The summed E-state index contributed by atoms with van der Waals surface area (Å²) in [6.45, 7) is 1.92. The standard InChI is InChI=1S/C11H14FIN2S/c12-8-6-11(10(14)7-9(8)13)15-2-1-4-16-5-3-15/h6-7H,1-5,14H2. The smallest absolute Gasteiger partial charge is 0.138 e. The third-order valence-electron chi connectivity index (χ3n) is 2.63. The third kappa shape index (κ3) is 2.74. The predicted molar refractivity (Wildman–Crippen MR) is 77.7 cm³/mol. The molecular weight excluding hydrogens is 338 g/mol. The van der Waals surface area contributed by atoms with Crippen LogP contribution in [0, 0.1) is 9.39 Å². The first-order valence-electron chi connectivity index (χ1n) is 5.25. The Morgan fingerprint density at radius 2 is 2.12 bits per heavy atom. The van der Waals surface area contributed by atoms with E-state index in [2.05, 4.69) is 4.90 Å². The van der Waals surface area contributed by atoms with E-state index in [1.54, 1.807) is 12.1 Å². The number of hydrogen-bond donors (Lipinski definition) is 1. The van der Waals surface area contributed by atoms with Crippen molar-refractivity contribution in [2.24, 2.45) is 0 Å². The molecule has 2 N–H and O–H groups in total. The molecule has 1 aromatic rings. The lowest BCUT2D eigenvalue weighted by atomic mass is 10.2. The molecule has 0 spiro atoms. The SMILES string of the molecule is Nc1cc(I)c(F)cc1N1CCCSCC1. The Labute approximate surface area is 113 Å². The number of nitrogens with zero attached hydrogens (tertiary/aromatic N) is 1. The van der Waals surface area contributed by atoms with Gasteiger partial charge in [-0.3, -0.25) is 0 Å². The van der Waals surface area contributed by atoms with Crippen LogP contribution in [0.5, 0.6) is 0 Å². The summed E-state index contributed by atoms with van der Waals surface area (Å²) in [5.74, 6) is 2.10. The average Bonchev–Trinajstić information content (AvgIpc) is 2.52. The molecule has 1 heterocycles. The first kappa shape index (κ1) is 12.3. The van der Waals surface area contributed by atoms with Gasteiger partial charge in [0.1, 0.15) is 5.82 Å². The monoisotopic (exact) mass is 352 g/mol. The van der Waals surface area contributed by atoms with E-state index in [4.69, 9.17) is 5.73 Å². The van der Waals surface area contributed by atoms with Crippen LogP contribution in [-0.2, 0) is 0 Å². The molecule has 2 nitrogen and oxygen atoms in total. The minimum atomic E-state index is -0.179. The van der Waals surface area contributed by atoms with Crippen molar-refractivity contribution < 1.29 is 4.39 Å². The highest BCUT2D eigenvalue weighted by atomic mass is 127. The van der Waals surface area contributed by atoms with E-state index in [-0.39, 0.29) is 5.82 Å². The van der Waals surface area contributed by atoms with E-state index in [1.807, 2.05) is 34.4 Å². The second kappa shape index (κ2) is 5.44. The quantitative estimate of drug-likeness (QED) is 0.623. The Hall–Kier alpha value is -0.170. The Kier molecular flexibility index (Phi) is 4.18. The first-order valence-corrected chi connectivity index (χ1v) is 7.49. The van der Waals surface area contributed by atoms with E-state index >= 15 is 0 Å². The highest BCUT2D eigenvalue weighted by Crippen LogP contribution is 2.29. The molecule has 0 aromatic heterocycles. The maximum absolute atomic E-state index is 13.5. The average molecular weight is 352 g/mol. The number of thioether (sulfide) groups is 1. The summed E-state index contributed by atoms with van der Waals surface area (Å²) in [6.07, 6.45) is 1.14. The fourth-order valence-corrected chi connectivity index (χ4v) is 3.19. The number of benzene rings is 1. The molecule has 5 heteroatoms. The van der Waals surface area contributed by atoms with Gasteiger partial charge in [0.05, 0.1) is 14.9 Å². The minimum Gasteiger partial charge on any atom is -0.397 e. The molecule has 1 aromatic carbocycles. The summed E-state index contributed by atoms with van der Waals surface area (Å²) in [7, 11) is 0. The molecule has 0 radical (unpaired) electrons. The molecule has 1 aliphatic rings. The number of anilines is 2. The molecule has 88 valence electrons. The fourth-order valence-electron chi connectivity index (χ4n) is 1.81. The second-order valence-electron chi connectivity index (χ2n) is 3.78. The van der Waals surface area contributed by atoms with Gasteiger partial charge in [0.15, 0.2) is 0 Å². The van der Waals surface area contributed by atoms with Crippen LogP contribution in [0.4, 0.5) is 15.8 Å². The van der Waals surface area contributed by atoms with Crippen molar-refractivity contribution in [2.75, 3.05) is 35.2 Å². The largest absolute Gasteiger partial charge is 0.397 e. The maximum atomic E-state index is 13.5. The van der Waals surface area contributed by atoms with Crippen molar-refractivity contribution in [1.29, 1.82) is 0 Å². The van der Waals surface area contributed by atoms with Crippen LogP contribution in [0.15, 0.2) is 12.1 Å². The molecule has 0 amide bonds. The van der Waals surface area contributed by atoms with Crippen LogP contribution in [0.1, 0.15) is 6.42 Å². The van der Waals surface area contributed by atoms with Crippen molar-refractivity contribution >= 4 is 45.7 Å². The number of nitrogens with two attached hydrogens (primary N) is 1.